The molecule has 1 saturated heterocycles. The highest BCUT2D eigenvalue weighted by molar-refractivity contribution is 5.89. The molecule has 5 nitrogen and oxygen atoms in total. The average molecular weight is 350 g/mol. The van der Waals surface area contributed by atoms with E-state index in [0.29, 0.717) is 0 Å². The Hall–Kier alpha value is -1.95. The summed E-state index contributed by atoms with van der Waals surface area (Å²) in [5, 5.41) is 3.39. The van der Waals surface area contributed by atoms with Gasteiger partial charge in [0.1, 0.15) is 5.60 Å². The number of amides is 1. The summed E-state index contributed by atoms with van der Waals surface area (Å²) in [5.41, 5.74) is 0.387. The van der Waals surface area contributed by atoms with Crippen LogP contribution in [0, 0.1) is 5.92 Å². The van der Waals surface area contributed by atoms with E-state index in [1.165, 1.54) is 12.1 Å². The summed E-state index contributed by atoms with van der Waals surface area (Å²) in [4.78, 5) is 23.9. The first-order valence-corrected chi connectivity index (χ1v) is 8.69. The Bertz CT molecular complexity index is 604. The second-order valence-corrected chi connectivity index (χ2v) is 7.49. The maximum atomic E-state index is 13.7. The van der Waals surface area contributed by atoms with Crippen molar-refractivity contribution in [2.75, 3.05) is 18.2 Å². The highest BCUT2D eigenvalue weighted by Crippen LogP contribution is 2.34. The van der Waals surface area contributed by atoms with Crippen LogP contribution in [0.15, 0.2) is 24.3 Å². The number of nitrogens with zero attached hydrogens (tertiary/aromatic N) is 1. The Morgan fingerprint density at radius 1 is 1.20 bits per heavy atom. The van der Waals surface area contributed by atoms with Gasteiger partial charge in [0.05, 0.1) is 11.6 Å². The van der Waals surface area contributed by atoms with Crippen molar-refractivity contribution in [3.8, 4) is 0 Å². The summed E-state index contributed by atoms with van der Waals surface area (Å²) in [5.74, 6) is -1.15. The van der Waals surface area contributed by atoms with E-state index in [0.717, 1.165) is 38.4 Å². The molecular formula is C19H27FN2O3. The molecule has 1 unspecified atom stereocenters. The van der Waals surface area contributed by atoms with Crippen molar-refractivity contribution in [3.63, 3.8) is 0 Å². The predicted molar refractivity (Wildman–Crippen MR) is 94.9 cm³/mol. The van der Waals surface area contributed by atoms with Gasteiger partial charge in [0.25, 0.3) is 5.91 Å². The number of nitrogens with one attached hydrogen (secondary N) is 1. The number of ether oxygens (including phenoxy) is 1. The molecular weight excluding hydrogens is 323 g/mol. The lowest BCUT2D eigenvalue weighted by Gasteiger charge is -2.32. The van der Waals surface area contributed by atoms with Crippen molar-refractivity contribution in [1.82, 2.24) is 5.32 Å². The van der Waals surface area contributed by atoms with Crippen molar-refractivity contribution in [2.24, 2.45) is 5.92 Å². The van der Waals surface area contributed by atoms with Crippen LogP contribution >= 0.6 is 0 Å². The molecule has 1 aromatic rings. The molecule has 0 aromatic heterocycles. The normalized spacial score (nSPS) is 17.0. The fraction of sp³-hybridized carbons (Fsp3) is 0.579. The molecule has 6 heteroatoms. The number of benzene rings is 1. The number of halogens is 1. The highest BCUT2D eigenvalue weighted by atomic mass is 19.2. The van der Waals surface area contributed by atoms with E-state index in [1.54, 1.807) is 12.1 Å². The second-order valence-electron chi connectivity index (χ2n) is 7.49. The first-order valence-electron chi connectivity index (χ1n) is 8.69. The van der Waals surface area contributed by atoms with E-state index in [9.17, 15) is 14.1 Å². The minimum absolute atomic E-state index is 0.0940. The van der Waals surface area contributed by atoms with E-state index >= 15 is 0 Å². The van der Waals surface area contributed by atoms with Crippen LogP contribution in [0.3, 0.4) is 0 Å². The Morgan fingerprint density at radius 3 is 2.24 bits per heavy atom. The molecule has 25 heavy (non-hydrogen) atoms. The molecule has 1 atom stereocenters. The maximum Gasteiger partial charge on any atom is 0.314 e. The average Bonchev–Trinajstić information content (AvgIpc) is 2.54. The van der Waals surface area contributed by atoms with Gasteiger partial charge in [0.15, 0.2) is 0 Å². The zero-order chi connectivity index (χ0) is 18.6. The number of esters is 1. The number of piperidine rings is 1. The van der Waals surface area contributed by atoms with Crippen LogP contribution in [-0.2, 0) is 14.3 Å². The third-order valence-corrected chi connectivity index (χ3v) is 4.27. The molecule has 1 amide bonds. The minimum Gasteiger partial charge on any atom is -0.459 e. The van der Waals surface area contributed by atoms with Crippen LogP contribution in [0.2, 0.25) is 0 Å². The Kier molecular flexibility index (Phi) is 6.16. The first-order chi connectivity index (χ1) is 11.7. The van der Waals surface area contributed by atoms with Crippen LogP contribution in [0.25, 0.3) is 0 Å². The van der Waals surface area contributed by atoms with Crippen molar-refractivity contribution in [3.05, 3.63) is 29.8 Å². The van der Waals surface area contributed by atoms with Gasteiger partial charge in [0.2, 0.25) is 0 Å². The van der Waals surface area contributed by atoms with Crippen LogP contribution < -0.4 is 10.4 Å². The topological polar surface area (TPSA) is 58.6 Å². The van der Waals surface area contributed by atoms with Gasteiger partial charge in [-0.05, 0) is 70.3 Å². The number of anilines is 1. The molecule has 0 spiro atoms. The molecule has 1 aliphatic heterocycles. The summed E-state index contributed by atoms with van der Waals surface area (Å²) in [6, 6.07) is 6.47. The largest absolute Gasteiger partial charge is 0.459 e. The van der Waals surface area contributed by atoms with Gasteiger partial charge < -0.3 is 10.1 Å². The number of carbonyl (C=O) groups is 2. The van der Waals surface area contributed by atoms with Crippen molar-refractivity contribution >= 4 is 17.6 Å². The van der Waals surface area contributed by atoms with Crippen LogP contribution in [0.4, 0.5) is 10.2 Å². The van der Waals surface area contributed by atoms with Gasteiger partial charge >= 0.3 is 5.97 Å². The van der Waals surface area contributed by atoms with Gasteiger partial charge in [-0.15, -0.1) is 5.12 Å². The summed E-state index contributed by atoms with van der Waals surface area (Å²) in [7, 11) is 0. The van der Waals surface area contributed by atoms with Gasteiger partial charge in [-0.1, -0.05) is 16.6 Å². The zero-order valence-corrected chi connectivity index (χ0v) is 15.3. The summed E-state index contributed by atoms with van der Waals surface area (Å²) in [6.07, 6.45) is 1.77. The van der Waals surface area contributed by atoms with Gasteiger partial charge in [-0.25, -0.2) is 0 Å². The molecule has 0 aliphatic carbocycles. The number of hydrogen-bond donors (Lipinski definition) is 1. The van der Waals surface area contributed by atoms with E-state index in [2.05, 4.69) is 5.32 Å². The molecule has 1 aliphatic rings. The smallest absolute Gasteiger partial charge is 0.314 e. The van der Waals surface area contributed by atoms with Crippen molar-refractivity contribution in [1.29, 1.82) is 0 Å². The van der Waals surface area contributed by atoms with Gasteiger partial charge in [0, 0.05) is 6.92 Å². The minimum atomic E-state index is -0.685. The summed E-state index contributed by atoms with van der Waals surface area (Å²) >= 11 is 0. The molecule has 0 saturated carbocycles. The Labute approximate surface area is 148 Å². The lowest BCUT2D eigenvalue weighted by molar-refractivity contribution is -0.158. The van der Waals surface area contributed by atoms with E-state index < -0.39 is 11.5 Å². The first kappa shape index (κ1) is 19.4. The van der Waals surface area contributed by atoms with E-state index in [1.807, 2.05) is 20.8 Å². The molecule has 1 fully saturated rings. The second kappa shape index (κ2) is 7.95. The highest BCUT2D eigenvalue weighted by Gasteiger charge is 2.34. The molecule has 138 valence electrons. The number of carbonyl (C=O) groups excluding carboxylic acids is 2. The molecule has 0 bridgehead atoms. The fourth-order valence-corrected chi connectivity index (χ4v) is 3.14. The van der Waals surface area contributed by atoms with Crippen LogP contribution in [-0.4, -0.2) is 30.6 Å². The Morgan fingerprint density at radius 2 is 1.76 bits per heavy atom. The summed E-state index contributed by atoms with van der Waals surface area (Å²) < 4.78 is 19.3. The number of rotatable bonds is 4. The van der Waals surface area contributed by atoms with Crippen molar-refractivity contribution < 1.29 is 18.8 Å². The van der Waals surface area contributed by atoms with Gasteiger partial charge in [-0.2, -0.15) is 0 Å². The van der Waals surface area contributed by atoms with Crippen LogP contribution in [0.5, 0.6) is 0 Å². The van der Waals surface area contributed by atoms with E-state index in [-0.39, 0.29) is 28.6 Å². The third kappa shape index (κ3) is 5.26. The lowest BCUT2D eigenvalue weighted by Crippen LogP contribution is -2.36. The lowest BCUT2D eigenvalue weighted by atomic mass is 9.80. The van der Waals surface area contributed by atoms with Crippen LogP contribution in [0.1, 0.15) is 52.0 Å². The number of hydrogen-bond acceptors (Lipinski definition) is 4. The van der Waals surface area contributed by atoms with E-state index in [4.69, 9.17) is 4.74 Å². The fourth-order valence-electron chi connectivity index (χ4n) is 3.14. The zero-order valence-electron chi connectivity index (χ0n) is 15.3. The molecule has 2 rings (SSSR count). The predicted octanol–water partition coefficient (Wildman–Crippen LogP) is 3.35. The molecule has 1 aromatic carbocycles. The Balaban J connectivity index is 2.27. The third-order valence-electron chi connectivity index (χ3n) is 4.27. The molecule has 0 radical (unpaired) electrons. The summed E-state index contributed by atoms with van der Waals surface area (Å²) in [6.45, 7) is 8.44. The SMILES string of the molecule is CC(=O)N(F)c1ccc(C(C(=O)OC(C)(C)C)C2CCNCC2)cc1. The monoisotopic (exact) mass is 350 g/mol. The van der Waals surface area contributed by atoms with Crippen molar-refractivity contribution in [2.45, 2.75) is 52.1 Å². The molecule has 1 heterocycles. The van der Waals surface area contributed by atoms with Gasteiger partial charge in [-0.3, -0.25) is 9.59 Å². The maximum absolute atomic E-state index is 13.7. The quantitative estimate of drug-likeness (QED) is 0.668. The standard InChI is InChI=1S/C19H27FN2O3/c1-13(23)22(20)16-7-5-14(6-8-16)17(15-9-11-21-12-10-15)18(24)25-19(2,3)4/h5-8,15,17,21H,9-12H2,1-4H3. The molecule has 1 N–H and O–H groups in total.